The van der Waals surface area contributed by atoms with Crippen LogP contribution in [0.4, 0.5) is 4.79 Å². The van der Waals surface area contributed by atoms with E-state index in [0.717, 1.165) is 30.8 Å². The molecule has 1 aliphatic rings. The topological polar surface area (TPSA) is 59.6 Å². The molecule has 0 bridgehead atoms. The molecule has 2 N–H and O–H groups in total. The Morgan fingerprint density at radius 1 is 1.56 bits per heavy atom. The maximum absolute atomic E-state index is 11.6. The van der Waals surface area contributed by atoms with Crippen molar-refractivity contribution >= 4 is 6.03 Å². The standard InChI is InChI=1S/C13H18N2O3/c1-17-11-5-2-4-10(8-11)9-14-13(16)15-12-6-3-7-18-12/h2,4-5,8,12H,3,6-7,9H2,1H3,(H2,14,15,16). The Kier molecular flexibility index (Phi) is 4.41. The predicted molar refractivity (Wildman–Crippen MR) is 67.3 cm³/mol. The molecule has 1 saturated heterocycles. The zero-order chi connectivity index (χ0) is 12.8. The fraction of sp³-hybridized carbons (Fsp3) is 0.462. The summed E-state index contributed by atoms with van der Waals surface area (Å²) < 4.78 is 10.4. The highest BCUT2D eigenvalue weighted by Gasteiger charge is 2.17. The zero-order valence-corrected chi connectivity index (χ0v) is 10.4. The van der Waals surface area contributed by atoms with Crippen LogP contribution < -0.4 is 15.4 Å². The number of carbonyl (C=O) groups is 1. The third-order valence-electron chi connectivity index (χ3n) is 2.81. The van der Waals surface area contributed by atoms with Crippen molar-refractivity contribution in [1.82, 2.24) is 10.6 Å². The Labute approximate surface area is 106 Å². The van der Waals surface area contributed by atoms with Gasteiger partial charge in [0.15, 0.2) is 0 Å². The Balaban J connectivity index is 1.77. The van der Waals surface area contributed by atoms with Gasteiger partial charge in [-0.15, -0.1) is 0 Å². The molecule has 18 heavy (non-hydrogen) atoms. The highest BCUT2D eigenvalue weighted by molar-refractivity contribution is 5.74. The number of hydrogen-bond acceptors (Lipinski definition) is 3. The fourth-order valence-electron chi connectivity index (χ4n) is 1.85. The largest absolute Gasteiger partial charge is 0.497 e. The highest BCUT2D eigenvalue weighted by Crippen LogP contribution is 2.12. The summed E-state index contributed by atoms with van der Waals surface area (Å²) in [5.74, 6) is 0.786. The van der Waals surface area contributed by atoms with Crippen molar-refractivity contribution in [3.63, 3.8) is 0 Å². The van der Waals surface area contributed by atoms with Crippen LogP contribution in [-0.2, 0) is 11.3 Å². The van der Waals surface area contributed by atoms with Crippen LogP contribution in [0, 0.1) is 0 Å². The van der Waals surface area contributed by atoms with Gasteiger partial charge in [-0.1, -0.05) is 12.1 Å². The Hall–Kier alpha value is -1.75. The molecule has 0 spiro atoms. The fourth-order valence-corrected chi connectivity index (χ4v) is 1.85. The second kappa shape index (κ2) is 6.26. The number of ether oxygens (including phenoxy) is 2. The number of methoxy groups -OCH3 is 1. The summed E-state index contributed by atoms with van der Waals surface area (Å²) in [6.07, 6.45) is 1.74. The number of urea groups is 1. The molecule has 1 fully saturated rings. The van der Waals surface area contributed by atoms with Crippen molar-refractivity contribution in [3.05, 3.63) is 29.8 Å². The van der Waals surface area contributed by atoms with Gasteiger partial charge in [0.05, 0.1) is 7.11 Å². The summed E-state index contributed by atoms with van der Waals surface area (Å²) in [5, 5.41) is 5.57. The summed E-state index contributed by atoms with van der Waals surface area (Å²) in [4.78, 5) is 11.6. The van der Waals surface area contributed by atoms with Gasteiger partial charge in [0.1, 0.15) is 12.0 Å². The highest BCUT2D eigenvalue weighted by atomic mass is 16.5. The van der Waals surface area contributed by atoms with Gasteiger partial charge < -0.3 is 20.1 Å². The lowest BCUT2D eigenvalue weighted by atomic mass is 10.2. The van der Waals surface area contributed by atoms with Gasteiger partial charge in [0.25, 0.3) is 0 Å². The molecule has 1 heterocycles. The number of hydrogen-bond donors (Lipinski definition) is 2. The van der Waals surface area contributed by atoms with Crippen LogP contribution in [0.5, 0.6) is 5.75 Å². The van der Waals surface area contributed by atoms with E-state index in [9.17, 15) is 4.79 Å². The predicted octanol–water partition coefficient (Wildman–Crippen LogP) is 1.63. The summed E-state index contributed by atoms with van der Waals surface area (Å²) >= 11 is 0. The summed E-state index contributed by atoms with van der Waals surface area (Å²) in [5.41, 5.74) is 0.997. The number of nitrogens with one attached hydrogen (secondary N) is 2. The van der Waals surface area contributed by atoms with Crippen LogP contribution in [0.15, 0.2) is 24.3 Å². The molecule has 2 rings (SSSR count). The molecule has 0 aliphatic carbocycles. The molecule has 1 aromatic carbocycles. The maximum atomic E-state index is 11.6. The molecule has 5 nitrogen and oxygen atoms in total. The van der Waals surface area contributed by atoms with Crippen LogP contribution in [0.2, 0.25) is 0 Å². The Morgan fingerprint density at radius 2 is 2.44 bits per heavy atom. The van der Waals surface area contributed by atoms with Crippen molar-refractivity contribution in [2.75, 3.05) is 13.7 Å². The third-order valence-corrected chi connectivity index (χ3v) is 2.81. The molecular weight excluding hydrogens is 232 g/mol. The van der Waals surface area contributed by atoms with Crippen molar-refractivity contribution < 1.29 is 14.3 Å². The van der Waals surface area contributed by atoms with Crippen molar-refractivity contribution in [1.29, 1.82) is 0 Å². The van der Waals surface area contributed by atoms with Gasteiger partial charge in [0.2, 0.25) is 0 Å². The lowest BCUT2D eigenvalue weighted by Gasteiger charge is -2.13. The van der Waals surface area contributed by atoms with Crippen LogP contribution >= 0.6 is 0 Å². The minimum atomic E-state index is -0.204. The molecule has 5 heteroatoms. The van der Waals surface area contributed by atoms with E-state index in [2.05, 4.69) is 10.6 Å². The molecule has 1 unspecified atom stereocenters. The molecule has 0 radical (unpaired) electrons. The number of benzene rings is 1. The normalized spacial score (nSPS) is 18.4. The summed E-state index contributed by atoms with van der Waals surface area (Å²) in [7, 11) is 1.62. The number of amides is 2. The molecular formula is C13H18N2O3. The first-order valence-corrected chi connectivity index (χ1v) is 6.07. The minimum absolute atomic E-state index is 0.143. The second-order valence-corrected chi connectivity index (χ2v) is 4.18. The van der Waals surface area contributed by atoms with E-state index in [0.29, 0.717) is 6.54 Å². The Morgan fingerprint density at radius 3 is 3.17 bits per heavy atom. The van der Waals surface area contributed by atoms with Gasteiger partial charge in [-0.3, -0.25) is 0 Å². The summed E-state index contributed by atoms with van der Waals surface area (Å²) in [6.45, 7) is 1.19. The molecule has 1 atom stereocenters. The van der Waals surface area contributed by atoms with Gasteiger partial charge in [-0.05, 0) is 30.5 Å². The molecule has 0 aromatic heterocycles. The monoisotopic (exact) mass is 250 g/mol. The van der Waals surface area contributed by atoms with Gasteiger partial charge >= 0.3 is 6.03 Å². The lowest BCUT2D eigenvalue weighted by Crippen LogP contribution is -2.41. The van der Waals surface area contributed by atoms with E-state index < -0.39 is 0 Å². The van der Waals surface area contributed by atoms with Crippen molar-refractivity contribution in [3.8, 4) is 5.75 Å². The maximum Gasteiger partial charge on any atom is 0.317 e. The Bertz CT molecular complexity index is 403. The first-order chi connectivity index (χ1) is 8.78. The second-order valence-electron chi connectivity index (χ2n) is 4.18. The van der Waals surface area contributed by atoms with Crippen LogP contribution in [0.1, 0.15) is 18.4 Å². The van der Waals surface area contributed by atoms with Gasteiger partial charge in [-0.25, -0.2) is 4.79 Å². The molecule has 1 aliphatic heterocycles. The first-order valence-electron chi connectivity index (χ1n) is 6.07. The van der Waals surface area contributed by atoms with E-state index in [1.807, 2.05) is 24.3 Å². The van der Waals surface area contributed by atoms with Gasteiger partial charge in [0, 0.05) is 13.2 Å². The van der Waals surface area contributed by atoms with E-state index in [4.69, 9.17) is 9.47 Å². The van der Waals surface area contributed by atoms with E-state index in [1.54, 1.807) is 7.11 Å². The molecule has 2 amide bonds. The minimum Gasteiger partial charge on any atom is -0.497 e. The van der Waals surface area contributed by atoms with Crippen LogP contribution in [0.25, 0.3) is 0 Å². The smallest absolute Gasteiger partial charge is 0.317 e. The third kappa shape index (κ3) is 3.63. The van der Waals surface area contributed by atoms with Crippen LogP contribution in [-0.4, -0.2) is 26.0 Å². The quantitative estimate of drug-likeness (QED) is 0.854. The van der Waals surface area contributed by atoms with Crippen molar-refractivity contribution in [2.45, 2.75) is 25.6 Å². The average molecular weight is 250 g/mol. The molecule has 1 aromatic rings. The molecule has 0 saturated carbocycles. The van der Waals surface area contributed by atoms with E-state index in [-0.39, 0.29) is 12.3 Å². The van der Waals surface area contributed by atoms with E-state index >= 15 is 0 Å². The number of rotatable bonds is 4. The van der Waals surface area contributed by atoms with Crippen molar-refractivity contribution in [2.24, 2.45) is 0 Å². The average Bonchev–Trinajstić information content (AvgIpc) is 2.89. The lowest BCUT2D eigenvalue weighted by molar-refractivity contribution is 0.0907. The first kappa shape index (κ1) is 12.7. The number of carbonyl (C=O) groups excluding carboxylic acids is 1. The SMILES string of the molecule is COc1cccc(CNC(=O)NC2CCCO2)c1. The van der Waals surface area contributed by atoms with Crippen LogP contribution in [0.3, 0.4) is 0 Å². The van der Waals surface area contributed by atoms with Gasteiger partial charge in [-0.2, -0.15) is 0 Å². The zero-order valence-electron chi connectivity index (χ0n) is 10.4. The molecule has 98 valence electrons. The summed E-state index contributed by atoms with van der Waals surface area (Å²) in [6, 6.07) is 7.40. The van der Waals surface area contributed by atoms with E-state index in [1.165, 1.54) is 0 Å².